The molecule has 2 saturated carbocycles. The van der Waals surface area contributed by atoms with Crippen LogP contribution in [0.2, 0.25) is 0 Å². The number of nitrogens with one attached hydrogen (secondary N) is 2. The molecule has 0 aliphatic heterocycles. The molecule has 9 heteroatoms. The van der Waals surface area contributed by atoms with E-state index < -0.39 is 11.7 Å². The third-order valence-corrected chi connectivity index (χ3v) is 5.37. The number of aromatic nitrogens is 3. The normalized spacial score (nSPS) is 19.0. The average Bonchev–Trinajstić information content (AvgIpc) is 3.52. The number of pyridine rings is 1. The van der Waals surface area contributed by atoms with Crippen LogP contribution in [0.5, 0.6) is 5.75 Å². The molecule has 0 saturated heterocycles. The van der Waals surface area contributed by atoms with Gasteiger partial charge in [0.1, 0.15) is 11.6 Å². The van der Waals surface area contributed by atoms with Crippen molar-refractivity contribution in [1.29, 1.82) is 0 Å². The summed E-state index contributed by atoms with van der Waals surface area (Å²) in [4.78, 5) is 23.3. The Morgan fingerprint density at radius 3 is 2.69 bits per heavy atom. The molecule has 1 amide bonds. The smallest absolute Gasteiger partial charge is 0.303 e. The van der Waals surface area contributed by atoms with Gasteiger partial charge in [0.25, 0.3) is 0 Å². The number of ether oxygens (including phenoxy) is 1. The van der Waals surface area contributed by atoms with E-state index in [4.69, 9.17) is 4.74 Å². The number of halogens is 2. The number of hydrogen-bond donors (Lipinski definition) is 2. The van der Waals surface area contributed by atoms with Gasteiger partial charge in [-0.2, -0.15) is 8.78 Å². The maximum Gasteiger partial charge on any atom is 0.303 e. The molecular weight excluding hydrogens is 380 g/mol. The molecular formula is C20H23F2N5O2. The molecule has 2 aromatic heterocycles. The van der Waals surface area contributed by atoms with Gasteiger partial charge >= 0.3 is 5.92 Å². The lowest BCUT2D eigenvalue weighted by molar-refractivity contribution is -0.114. The highest BCUT2D eigenvalue weighted by atomic mass is 19.3. The number of anilines is 3. The molecule has 0 radical (unpaired) electrons. The third kappa shape index (κ3) is 4.44. The molecule has 2 heterocycles. The summed E-state index contributed by atoms with van der Waals surface area (Å²) in [5, 5.41) is 5.63. The van der Waals surface area contributed by atoms with Crippen LogP contribution in [0.3, 0.4) is 0 Å². The first-order chi connectivity index (χ1) is 13.6. The molecule has 1 atom stereocenters. The summed E-state index contributed by atoms with van der Waals surface area (Å²) in [5.74, 6) is -2.43. The Balaban J connectivity index is 1.59. The van der Waals surface area contributed by atoms with Gasteiger partial charge in [0.05, 0.1) is 18.5 Å². The molecule has 29 heavy (non-hydrogen) atoms. The Kier molecular flexibility index (Phi) is 4.63. The maximum atomic E-state index is 13.7. The quantitative estimate of drug-likeness (QED) is 0.721. The molecule has 154 valence electrons. The van der Waals surface area contributed by atoms with Crippen LogP contribution in [-0.2, 0) is 10.7 Å². The van der Waals surface area contributed by atoms with Gasteiger partial charge in [0.2, 0.25) is 11.7 Å². The fourth-order valence-electron chi connectivity index (χ4n) is 3.50. The summed E-state index contributed by atoms with van der Waals surface area (Å²) < 4.78 is 33.4. The number of carbonyl (C=O) groups excluding carboxylic acids is 1. The monoisotopic (exact) mass is 403 g/mol. The SMILES string of the molecule is CC(=O)Nc1cc(Nc2cc(C)nc(C(C)(F)F)n2)c(OCC2CC23CC3)cn1. The molecule has 2 aromatic rings. The van der Waals surface area contributed by atoms with Gasteiger partial charge in [-0.3, -0.25) is 4.79 Å². The zero-order valence-corrected chi connectivity index (χ0v) is 16.6. The summed E-state index contributed by atoms with van der Waals surface area (Å²) in [6.45, 7) is 4.34. The topological polar surface area (TPSA) is 89.0 Å². The van der Waals surface area contributed by atoms with Crippen LogP contribution in [0.4, 0.5) is 26.1 Å². The molecule has 4 rings (SSSR count). The van der Waals surface area contributed by atoms with E-state index in [9.17, 15) is 13.6 Å². The van der Waals surface area contributed by atoms with Crippen molar-refractivity contribution in [3.8, 4) is 5.75 Å². The van der Waals surface area contributed by atoms with E-state index in [2.05, 4.69) is 25.6 Å². The first kappa shape index (κ1) is 19.5. The molecule has 1 spiro atoms. The van der Waals surface area contributed by atoms with Crippen LogP contribution < -0.4 is 15.4 Å². The number of nitrogens with zero attached hydrogens (tertiary/aromatic N) is 3. The standard InChI is InChI=1S/C20H23F2N5O2/c1-11-6-17(27-18(24-11)19(3,21)22)26-14-7-16(25-12(2)28)23-9-15(14)29-10-13-8-20(13)4-5-20/h6-7,9,13H,4-5,8,10H2,1-3H3,(H2,23,24,25,26,27,28). The lowest BCUT2D eigenvalue weighted by atomic mass is 10.3. The summed E-state index contributed by atoms with van der Waals surface area (Å²) in [6.07, 6.45) is 5.23. The lowest BCUT2D eigenvalue weighted by Crippen LogP contribution is -2.15. The van der Waals surface area contributed by atoms with Crippen LogP contribution in [0.25, 0.3) is 0 Å². The minimum absolute atomic E-state index is 0.212. The van der Waals surface area contributed by atoms with E-state index in [0.717, 1.165) is 6.92 Å². The highest BCUT2D eigenvalue weighted by Crippen LogP contribution is 2.70. The Morgan fingerprint density at radius 1 is 1.31 bits per heavy atom. The number of rotatable bonds is 7. The van der Waals surface area contributed by atoms with Gasteiger partial charge in [-0.1, -0.05) is 0 Å². The Bertz CT molecular complexity index is 956. The van der Waals surface area contributed by atoms with Gasteiger partial charge in [-0.25, -0.2) is 15.0 Å². The number of amides is 1. The lowest BCUT2D eigenvalue weighted by Gasteiger charge is -2.16. The van der Waals surface area contributed by atoms with Crippen molar-refractivity contribution in [2.75, 3.05) is 17.2 Å². The van der Waals surface area contributed by atoms with E-state index in [-0.39, 0.29) is 11.7 Å². The fourth-order valence-corrected chi connectivity index (χ4v) is 3.50. The number of alkyl halides is 2. The molecule has 2 aliphatic carbocycles. The zero-order valence-electron chi connectivity index (χ0n) is 16.6. The molecule has 2 N–H and O–H groups in total. The van der Waals surface area contributed by atoms with Crippen molar-refractivity contribution >= 4 is 23.2 Å². The Hall–Kier alpha value is -2.84. The van der Waals surface area contributed by atoms with Crippen molar-refractivity contribution < 1.29 is 18.3 Å². The highest BCUT2D eigenvalue weighted by Gasteiger charge is 2.62. The zero-order chi connectivity index (χ0) is 20.8. The predicted molar refractivity (Wildman–Crippen MR) is 103 cm³/mol. The van der Waals surface area contributed by atoms with Crippen molar-refractivity contribution in [3.63, 3.8) is 0 Å². The van der Waals surface area contributed by atoms with Gasteiger partial charge in [-0.05, 0) is 37.5 Å². The summed E-state index contributed by atoms with van der Waals surface area (Å²) in [7, 11) is 0. The first-order valence-electron chi connectivity index (χ1n) is 9.56. The minimum atomic E-state index is -3.16. The molecule has 1 unspecified atom stereocenters. The number of aryl methyl sites for hydroxylation is 1. The molecule has 2 fully saturated rings. The Labute approximate surface area is 167 Å². The average molecular weight is 403 g/mol. The Morgan fingerprint density at radius 2 is 2.07 bits per heavy atom. The molecule has 7 nitrogen and oxygen atoms in total. The van der Waals surface area contributed by atoms with Crippen LogP contribution in [0.15, 0.2) is 18.3 Å². The maximum absolute atomic E-state index is 13.7. The van der Waals surface area contributed by atoms with Gasteiger partial charge in [-0.15, -0.1) is 0 Å². The third-order valence-electron chi connectivity index (χ3n) is 5.37. The van der Waals surface area contributed by atoms with Crippen molar-refractivity contribution in [2.45, 2.75) is 46.0 Å². The van der Waals surface area contributed by atoms with Crippen LogP contribution in [0.1, 0.15) is 44.6 Å². The second kappa shape index (κ2) is 6.89. The van der Waals surface area contributed by atoms with Crippen molar-refractivity contribution in [1.82, 2.24) is 15.0 Å². The van der Waals surface area contributed by atoms with E-state index in [1.54, 1.807) is 19.1 Å². The second-order valence-corrected chi connectivity index (χ2v) is 8.05. The van der Waals surface area contributed by atoms with E-state index in [1.807, 2.05) is 0 Å². The summed E-state index contributed by atoms with van der Waals surface area (Å²) in [6, 6.07) is 3.16. The number of hydrogen-bond acceptors (Lipinski definition) is 6. The van der Waals surface area contributed by atoms with Gasteiger partial charge in [0, 0.05) is 31.7 Å². The molecule has 2 aliphatic rings. The van der Waals surface area contributed by atoms with Gasteiger partial charge in [0.15, 0.2) is 5.75 Å². The largest absolute Gasteiger partial charge is 0.489 e. The molecule has 0 bridgehead atoms. The summed E-state index contributed by atoms with van der Waals surface area (Å²) >= 11 is 0. The fraction of sp³-hybridized carbons (Fsp3) is 0.500. The van der Waals surface area contributed by atoms with E-state index >= 15 is 0 Å². The summed E-state index contributed by atoms with van der Waals surface area (Å²) in [5.41, 5.74) is 1.40. The highest BCUT2D eigenvalue weighted by molar-refractivity contribution is 5.88. The first-order valence-corrected chi connectivity index (χ1v) is 9.56. The van der Waals surface area contributed by atoms with E-state index in [1.165, 1.54) is 32.4 Å². The van der Waals surface area contributed by atoms with Crippen molar-refractivity contribution in [2.24, 2.45) is 11.3 Å². The van der Waals surface area contributed by atoms with Gasteiger partial charge < -0.3 is 15.4 Å². The van der Waals surface area contributed by atoms with E-state index in [0.29, 0.717) is 40.9 Å². The van der Waals surface area contributed by atoms with Crippen LogP contribution in [-0.4, -0.2) is 27.5 Å². The number of carbonyl (C=O) groups is 1. The second-order valence-electron chi connectivity index (χ2n) is 8.05. The predicted octanol–water partition coefficient (Wildman–Crippen LogP) is 4.17. The minimum Gasteiger partial charge on any atom is -0.489 e. The molecule has 0 aromatic carbocycles. The van der Waals surface area contributed by atoms with Crippen molar-refractivity contribution in [3.05, 3.63) is 29.8 Å². The van der Waals surface area contributed by atoms with Crippen LogP contribution in [0, 0.1) is 18.3 Å². The van der Waals surface area contributed by atoms with Crippen LogP contribution >= 0.6 is 0 Å².